The van der Waals surface area contributed by atoms with Crippen molar-refractivity contribution in [3.63, 3.8) is 0 Å². The minimum absolute atomic E-state index is 0.0126. The van der Waals surface area contributed by atoms with Gasteiger partial charge in [0.1, 0.15) is 11.0 Å². The van der Waals surface area contributed by atoms with E-state index in [1.54, 1.807) is 0 Å². The zero-order valence-corrected chi connectivity index (χ0v) is 13.2. The summed E-state index contributed by atoms with van der Waals surface area (Å²) in [4.78, 5) is 5.64. The van der Waals surface area contributed by atoms with Gasteiger partial charge in [-0.2, -0.15) is 0 Å². The van der Waals surface area contributed by atoms with Crippen molar-refractivity contribution in [1.29, 1.82) is 0 Å². The van der Waals surface area contributed by atoms with E-state index in [0.717, 1.165) is 33.9 Å². The molecule has 106 valence electrons. The number of hydrogen-bond acceptors (Lipinski definition) is 2. The first-order valence-corrected chi connectivity index (χ1v) is 7.71. The SMILES string of the molecule is CC[C@@H]1N=C(c2ccccc2)c2cc(Cl)ccc2NC1=S. The Balaban J connectivity index is 2.22. The van der Waals surface area contributed by atoms with Crippen LogP contribution in [0.4, 0.5) is 5.69 Å². The lowest BCUT2D eigenvalue weighted by molar-refractivity contribution is 0.832. The normalized spacial score (nSPS) is 17.5. The van der Waals surface area contributed by atoms with Crippen molar-refractivity contribution in [2.24, 2.45) is 4.99 Å². The van der Waals surface area contributed by atoms with Crippen LogP contribution >= 0.6 is 23.8 Å². The molecule has 0 bridgehead atoms. The van der Waals surface area contributed by atoms with E-state index in [2.05, 4.69) is 24.4 Å². The summed E-state index contributed by atoms with van der Waals surface area (Å²) in [6, 6.07) is 15.9. The quantitative estimate of drug-likeness (QED) is 0.812. The second-order valence-corrected chi connectivity index (χ2v) is 5.82. The lowest BCUT2D eigenvalue weighted by atomic mass is 10.0. The maximum atomic E-state index is 6.17. The highest BCUT2D eigenvalue weighted by atomic mass is 35.5. The van der Waals surface area contributed by atoms with Gasteiger partial charge in [-0.1, -0.05) is 61.1 Å². The van der Waals surface area contributed by atoms with Crippen molar-refractivity contribution in [2.45, 2.75) is 19.4 Å². The summed E-state index contributed by atoms with van der Waals surface area (Å²) in [5.74, 6) is 0. The highest BCUT2D eigenvalue weighted by Gasteiger charge is 2.22. The van der Waals surface area contributed by atoms with E-state index in [1.165, 1.54) is 0 Å². The van der Waals surface area contributed by atoms with Crippen molar-refractivity contribution in [2.75, 3.05) is 5.32 Å². The number of hydrogen-bond donors (Lipinski definition) is 1. The molecular formula is C17H15ClN2S. The molecule has 1 atom stereocenters. The van der Waals surface area contributed by atoms with Crippen LogP contribution in [0.2, 0.25) is 5.02 Å². The molecule has 0 saturated carbocycles. The first-order valence-electron chi connectivity index (χ1n) is 6.93. The molecule has 0 aromatic heterocycles. The summed E-state index contributed by atoms with van der Waals surface area (Å²) in [7, 11) is 0. The first-order chi connectivity index (χ1) is 10.2. The van der Waals surface area contributed by atoms with E-state index in [9.17, 15) is 0 Å². The summed E-state index contributed by atoms with van der Waals surface area (Å²) >= 11 is 11.6. The molecule has 0 amide bonds. The van der Waals surface area contributed by atoms with Gasteiger partial charge in [-0.05, 0) is 24.6 Å². The Labute approximate surface area is 134 Å². The topological polar surface area (TPSA) is 24.4 Å². The average molecular weight is 315 g/mol. The van der Waals surface area contributed by atoms with E-state index in [-0.39, 0.29) is 6.04 Å². The van der Waals surface area contributed by atoms with Gasteiger partial charge in [-0.15, -0.1) is 0 Å². The molecule has 1 N–H and O–H groups in total. The molecular weight excluding hydrogens is 300 g/mol. The number of nitrogens with zero attached hydrogens (tertiary/aromatic N) is 1. The van der Waals surface area contributed by atoms with E-state index >= 15 is 0 Å². The van der Waals surface area contributed by atoms with Crippen molar-refractivity contribution < 1.29 is 0 Å². The molecule has 4 heteroatoms. The van der Waals surface area contributed by atoms with Crippen LogP contribution < -0.4 is 5.32 Å². The Morgan fingerprint density at radius 1 is 1.19 bits per heavy atom. The molecule has 0 spiro atoms. The molecule has 1 aliphatic rings. The van der Waals surface area contributed by atoms with Gasteiger partial charge in [0.05, 0.1) is 5.71 Å². The molecule has 21 heavy (non-hydrogen) atoms. The number of fused-ring (bicyclic) bond motifs is 1. The zero-order chi connectivity index (χ0) is 14.8. The van der Waals surface area contributed by atoms with Crippen molar-refractivity contribution >= 4 is 40.2 Å². The van der Waals surface area contributed by atoms with Gasteiger partial charge < -0.3 is 5.32 Å². The summed E-state index contributed by atoms with van der Waals surface area (Å²) in [5, 5.41) is 4.00. The number of aliphatic imine (C=N–C) groups is 1. The number of halogens is 1. The molecule has 0 aliphatic carbocycles. The first kappa shape index (κ1) is 14.2. The summed E-state index contributed by atoms with van der Waals surface area (Å²) < 4.78 is 0. The minimum Gasteiger partial charge on any atom is -0.348 e. The number of rotatable bonds is 2. The Kier molecular flexibility index (Phi) is 4.04. The van der Waals surface area contributed by atoms with E-state index in [4.69, 9.17) is 28.8 Å². The van der Waals surface area contributed by atoms with Gasteiger partial charge in [0.25, 0.3) is 0 Å². The number of benzene rings is 2. The highest BCUT2D eigenvalue weighted by molar-refractivity contribution is 7.80. The van der Waals surface area contributed by atoms with E-state index in [0.29, 0.717) is 5.02 Å². The predicted molar refractivity (Wildman–Crippen MR) is 93.8 cm³/mol. The van der Waals surface area contributed by atoms with Crippen LogP contribution in [0.25, 0.3) is 0 Å². The summed E-state index contributed by atoms with van der Waals surface area (Å²) in [5.41, 5.74) is 3.97. The Hall–Kier alpha value is -1.71. The molecule has 0 radical (unpaired) electrons. The average Bonchev–Trinajstić information content (AvgIpc) is 2.64. The molecule has 3 rings (SSSR count). The van der Waals surface area contributed by atoms with Gasteiger partial charge in [-0.25, -0.2) is 0 Å². The predicted octanol–water partition coefficient (Wildman–Crippen LogP) is 4.71. The number of nitrogens with one attached hydrogen (secondary N) is 1. The van der Waals surface area contributed by atoms with Gasteiger partial charge in [0.2, 0.25) is 0 Å². The van der Waals surface area contributed by atoms with Crippen LogP contribution in [0.5, 0.6) is 0 Å². The second kappa shape index (κ2) is 5.96. The number of benzodiazepines with no additional fused rings is 1. The van der Waals surface area contributed by atoms with Crippen LogP contribution in [0.3, 0.4) is 0 Å². The highest BCUT2D eigenvalue weighted by Crippen LogP contribution is 2.28. The van der Waals surface area contributed by atoms with Crippen LogP contribution in [0, 0.1) is 0 Å². The van der Waals surface area contributed by atoms with Gasteiger partial charge >= 0.3 is 0 Å². The van der Waals surface area contributed by atoms with Crippen LogP contribution in [-0.2, 0) is 0 Å². The number of anilines is 1. The second-order valence-electron chi connectivity index (χ2n) is 4.95. The number of thiocarbonyl (C=S) groups is 1. The van der Waals surface area contributed by atoms with Crippen LogP contribution in [0.1, 0.15) is 24.5 Å². The van der Waals surface area contributed by atoms with E-state index < -0.39 is 0 Å². The fourth-order valence-corrected chi connectivity index (χ4v) is 2.93. The third-order valence-electron chi connectivity index (χ3n) is 3.52. The molecule has 2 nitrogen and oxygen atoms in total. The fraction of sp³-hybridized carbons (Fsp3) is 0.176. The van der Waals surface area contributed by atoms with Crippen LogP contribution in [-0.4, -0.2) is 16.7 Å². The molecule has 1 heterocycles. The van der Waals surface area contributed by atoms with Crippen molar-refractivity contribution in [1.82, 2.24) is 0 Å². The van der Waals surface area contributed by atoms with Gasteiger partial charge in [0, 0.05) is 21.8 Å². The third-order valence-corrected chi connectivity index (χ3v) is 4.13. The summed E-state index contributed by atoms with van der Waals surface area (Å²) in [6.45, 7) is 2.09. The molecule has 0 fully saturated rings. The Morgan fingerprint density at radius 3 is 2.67 bits per heavy atom. The molecule has 0 saturated heterocycles. The monoisotopic (exact) mass is 314 g/mol. The zero-order valence-electron chi connectivity index (χ0n) is 11.6. The van der Waals surface area contributed by atoms with Crippen molar-refractivity contribution in [3.8, 4) is 0 Å². The maximum absolute atomic E-state index is 6.17. The minimum atomic E-state index is -0.0126. The Bertz CT molecular complexity index is 710. The fourth-order valence-electron chi connectivity index (χ4n) is 2.42. The maximum Gasteiger partial charge on any atom is 0.105 e. The third kappa shape index (κ3) is 2.85. The lowest BCUT2D eigenvalue weighted by Gasteiger charge is -2.11. The van der Waals surface area contributed by atoms with Crippen LogP contribution in [0.15, 0.2) is 53.5 Å². The molecule has 0 unspecified atom stereocenters. The van der Waals surface area contributed by atoms with E-state index in [1.807, 2.05) is 36.4 Å². The standard InChI is InChI=1S/C17H15ClN2S/c1-2-14-17(21)20-15-9-8-12(18)10-13(15)16(19-14)11-6-4-3-5-7-11/h3-10,14H,2H2,1H3,(H,20,21)/t14-/m0/s1. The Morgan fingerprint density at radius 2 is 1.95 bits per heavy atom. The van der Waals surface area contributed by atoms with Gasteiger partial charge in [-0.3, -0.25) is 4.99 Å². The summed E-state index contributed by atoms with van der Waals surface area (Å²) in [6.07, 6.45) is 0.865. The lowest BCUT2D eigenvalue weighted by Crippen LogP contribution is -2.22. The molecule has 2 aromatic rings. The smallest absolute Gasteiger partial charge is 0.105 e. The van der Waals surface area contributed by atoms with Gasteiger partial charge in [0.15, 0.2) is 0 Å². The van der Waals surface area contributed by atoms with Crippen molar-refractivity contribution in [3.05, 3.63) is 64.7 Å². The largest absolute Gasteiger partial charge is 0.348 e. The molecule has 2 aromatic carbocycles. The molecule has 1 aliphatic heterocycles.